The van der Waals surface area contributed by atoms with E-state index in [9.17, 15) is 4.79 Å². The molecule has 0 heterocycles. The van der Waals surface area contributed by atoms with Crippen molar-refractivity contribution >= 4 is 11.6 Å². The van der Waals surface area contributed by atoms with Crippen molar-refractivity contribution in [2.45, 2.75) is 6.92 Å². The van der Waals surface area contributed by atoms with Gasteiger partial charge in [0.15, 0.2) is 0 Å². The second-order valence-corrected chi connectivity index (χ2v) is 2.88. The van der Waals surface area contributed by atoms with Crippen LogP contribution >= 0.6 is 0 Å². The highest BCUT2D eigenvalue weighted by Gasteiger charge is 2.07. The predicted molar refractivity (Wildman–Crippen MR) is 54.4 cm³/mol. The van der Waals surface area contributed by atoms with E-state index in [-0.39, 0.29) is 11.8 Å². The number of nitrogens with one attached hydrogen (secondary N) is 1. The summed E-state index contributed by atoms with van der Waals surface area (Å²) >= 11 is 0. The molecule has 0 aliphatic carbocycles. The maximum absolute atomic E-state index is 11.4. The Bertz CT molecular complexity index is 292. The molecular weight excluding hydrogens is 162 g/mol. The molecule has 13 heavy (non-hydrogen) atoms. The van der Waals surface area contributed by atoms with Gasteiger partial charge >= 0.3 is 0 Å². The van der Waals surface area contributed by atoms with Gasteiger partial charge in [-0.15, -0.1) is 6.58 Å². The number of carbonyl (C=O) groups is 1. The van der Waals surface area contributed by atoms with Gasteiger partial charge in [0.25, 0.3) is 0 Å². The average Bonchev–Trinajstić information content (AvgIpc) is 2.18. The molecular formula is C11H13NO. The molecule has 1 amide bonds. The quantitative estimate of drug-likeness (QED) is 0.702. The molecule has 0 bridgehead atoms. The monoisotopic (exact) mass is 175 g/mol. The highest BCUT2D eigenvalue weighted by Crippen LogP contribution is 2.07. The maximum atomic E-state index is 11.4. The summed E-state index contributed by atoms with van der Waals surface area (Å²) in [6, 6.07) is 9.39. The summed E-state index contributed by atoms with van der Waals surface area (Å²) in [6.45, 7) is 5.37. The van der Waals surface area contributed by atoms with E-state index in [0.717, 1.165) is 5.69 Å². The first-order valence-corrected chi connectivity index (χ1v) is 4.22. The molecule has 2 heteroatoms. The van der Waals surface area contributed by atoms with Crippen molar-refractivity contribution in [2.24, 2.45) is 5.92 Å². The van der Waals surface area contributed by atoms with Crippen molar-refractivity contribution in [1.82, 2.24) is 0 Å². The number of hydrogen-bond acceptors (Lipinski definition) is 1. The molecule has 0 radical (unpaired) electrons. The smallest absolute Gasteiger partial charge is 0.230 e. The lowest BCUT2D eigenvalue weighted by Gasteiger charge is -2.07. The van der Waals surface area contributed by atoms with Gasteiger partial charge in [-0.3, -0.25) is 4.79 Å². The Kier molecular flexibility index (Phi) is 3.26. The number of benzene rings is 1. The van der Waals surface area contributed by atoms with Gasteiger partial charge in [-0.05, 0) is 12.1 Å². The van der Waals surface area contributed by atoms with Crippen LogP contribution in [-0.4, -0.2) is 5.91 Å². The lowest BCUT2D eigenvalue weighted by molar-refractivity contribution is -0.118. The number of para-hydroxylation sites is 1. The number of hydrogen-bond donors (Lipinski definition) is 1. The first kappa shape index (κ1) is 9.52. The number of carbonyl (C=O) groups excluding carboxylic acids is 1. The number of anilines is 1. The van der Waals surface area contributed by atoms with Crippen molar-refractivity contribution < 1.29 is 4.79 Å². The van der Waals surface area contributed by atoms with Crippen molar-refractivity contribution in [2.75, 3.05) is 5.32 Å². The Balaban J connectivity index is 2.60. The first-order chi connectivity index (χ1) is 6.24. The second-order valence-electron chi connectivity index (χ2n) is 2.88. The molecule has 1 unspecified atom stereocenters. The van der Waals surface area contributed by atoms with Crippen molar-refractivity contribution in [3.05, 3.63) is 43.0 Å². The highest BCUT2D eigenvalue weighted by molar-refractivity contribution is 5.93. The summed E-state index contributed by atoms with van der Waals surface area (Å²) in [4.78, 5) is 11.4. The van der Waals surface area contributed by atoms with Crippen LogP contribution in [-0.2, 0) is 4.79 Å². The predicted octanol–water partition coefficient (Wildman–Crippen LogP) is 2.45. The lowest BCUT2D eigenvalue weighted by atomic mass is 10.1. The SMILES string of the molecule is C=CC(C)C(=O)Nc1ccccc1. The van der Waals surface area contributed by atoms with E-state index in [4.69, 9.17) is 0 Å². The Morgan fingerprint density at radius 2 is 2.08 bits per heavy atom. The summed E-state index contributed by atoms with van der Waals surface area (Å²) in [5.74, 6) is -0.179. The van der Waals surface area contributed by atoms with Crippen LogP contribution in [0.15, 0.2) is 43.0 Å². The summed E-state index contributed by atoms with van der Waals surface area (Å²) < 4.78 is 0. The van der Waals surface area contributed by atoms with Gasteiger partial charge in [-0.25, -0.2) is 0 Å². The zero-order valence-electron chi connectivity index (χ0n) is 7.66. The highest BCUT2D eigenvalue weighted by atomic mass is 16.1. The minimum absolute atomic E-state index is 0.0267. The number of amides is 1. The molecule has 0 saturated heterocycles. The molecule has 1 rings (SSSR count). The van der Waals surface area contributed by atoms with E-state index < -0.39 is 0 Å². The average molecular weight is 175 g/mol. The molecule has 68 valence electrons. The lowest BCUT2D eigenvalue weighted by Crippen LogP contribution is -2.18. The standard InChI is InChI=1S/C11H13NO/c1-3-9(2)11(13)12-10-7-5-4-6-8-10/h3-9H,1H2,2H3,(H,12,13). The van der Waals surface area contributed by atoms with Gasteiger partial charge in [-0.2, -0.15) is 0 Å². The van der Waals surface area contributed by atoms with E-state index >= 15 is 0 Å². The van der Waals surface area contributed by atoms with Gasteiger partial charge < -0.3 is 5.32 Å². The molecule has 1 N–H and O–H groups in total. The summed E-state index contributed by atoms with van der Waals surface area (Å²) in [5.41, 5.74) is 0.821. The second kappa shape index (κ2) is 4.45. The van der Waals surface area contributed by atoms with E-state index in [1.54, 1.807) is 6.08 Å². The van der Waals surface area contributed by atoms with Crippen molar-refractivity contribution in [1.29, 1.82) is 0 Å². The fourth-order valence-corrected chi connectivity index (χ4v) is 0.885. The van der Waals surface area contributed by atoms with Crippen molar-refractivity contribution in [3.8, 4) is 0 Å². The van der Waals surface area contributed by atoms with E-state index in [1.807, 2.05) is 37.3 Å². The normalized spacial score (nSPS) is 11.8. The van der Waals surface area contributed by atoms with Gasteiger partial charge in [0.05, 0.1) is 5.92 Å². The summed E-state index contributed by atoms with van der Waals surface area (Å²) in [6.07, 6.45) is 1.62. The molecule has 1 aromatic carbocycles. The van der Waals surface area contributed by atoms with Gasteiger partial charge in [0.1, 0.15) is 0 Å². The molecule has 0 aromatic heterocycles. The topological polar surface area (TPSA) is 29.1 Å². The van der Waals surface area contributed by atoms with Crippen LogP contribution in [0.3, 0.4) is 0 Å². The van der Waals surface area contributed by atoms with E-state index in [1.165, 1.54) is 0 Å². The third kappa shape index (κ3) is 2.75. The molecule has 0 saturated carbocycles. The van der Waals surface area contributed by atoms with Crippen LogP contribution in [0.4, 0.5) is 5.69 Å². The van der Waals surface area contributed by atoms with Crippen LogP contribution in [0.1, 0.15) is 6.92 Å². The minimum Gasteiger partial charge on any atom is -0.326 e. The Morgan fingerprint density at radius 3 is 2.62 bits per heavy atom. The third-order valence-electron chi connectivity index (χ3n) is 1.81. The van der Waals surface area contributed by atoms with Gasteiger partial charge in [-0.1, -0.05) is 31.2 Å². The van der Waals surface area contributed by atoms with Crippen LogP contribution in [0.2, 0.25) is 0 Å². The Hall–Kier alpha value is -1.57. The molecule has 0 aliphatic heterocycles. The fourth-order valence-electron chi connectivity index (χ4n) is 0.885. The van der Waals surface area contributed by atoms with E-state index in [2.05, 4.69) is 11.9 Å². The summed E-state index contributed by atoms with van der Waals surface area (Å²) in [5, 5.41) is 2.78. The Labute approximate surface area is 78.3 Å². The molecule has 1 atom stereocenters. The Morgan fingerprint density at radius 1 is 1.46 bits per heavy atom. The molecule has 2 nitrogen and oxygen atoms in total. The van der Waals surface area contributed by atoms with Crippen molar-refractivity contribution in [3.63, 3.8) is 0 Å². The fraction of sp³-hybridized carbons (Fsp3) is 0.182. The molecule has 0 aliphatic rings. The molecule has 0 spiro atoms. The van der Waals surface area contributed by atoms with Crippen LogP contribution in [0, 0.1) is 5.92 Å². The zero-order valence-corrected chi connectivity index (χ0v) is 7.66. The molecule has 0 fully saturated rings. The first-order valence-electron chi connectivity index (χ1n) is 4.22. The van der Waals surface area contributed by atoms with Gasteiger partial charge in [0.2, 0.25) is 5.91 Å². The van der Waals surface area contributed by atoms with Crippen LogP contribution in [0.25, 0.3) is 0 Å². The van der Waals surface area contributed by atoms with E-state index in [0.29, 0.717) is 0 Å². The van der Waals surface area contributed by atoms with Crippen LogP contribution in [0.5, 0.6) is 0 Å². The minimum atomic E-state index is -0.153. The largest absolute Gasteiger partial charge is 0.326 e. The molecule has 1 aromatic rings. The van der Waals surface area contributed by atoms with Gasteiger partial charge in [0, 0.05) is 5.69 Å². The maximum Gasteiger partial charge on any atom is 0.230 e. The third-order valence-corrected chi connectivity index (χ3v) is 1.81. The zero-order chi connectivity index (χ0) is 9.68. The van der Waals surface area contributed by atoms with Crippen LogP contribution < -0.4 is 5.32 Å². The number of rotatable bonds is 3. The summed E-state index contributed by atoms with van der Waals surface area (Å²) in [7, 11) is 0.